The van der Waals surface area contributed by atoms with Gasteiger partial charge in [-0.05, 0) is 64.2 Å². The molecule has 2 unspecified atom stereocenters. The van der Waals surface area contributed by atoms with Crippen LogP contribution in [0.25, 0.3) is 0 Å². The molecule has 0 aromatic heterocycles. The molecule has 6 heteroatoms. The fourth-order valence-corrected chi connectivity index (χ4v) is 3.19. The van der Waals surface area contributed by atoms with Crippen molar-refractivity contribution in [3.63, 3.8) is 0 Å². The number of hydrogen-bond acceptors (Lipinski definition) is 6. The molecular formula is C24H46O6. The van der Waals surface area contributed by atoms with Crippen LogP contribution < -0.4 is 0 Å². The summed E-state index contributed by atoms with van der Waals surface area (Å²) in [4.78, 5) is 23.4. The maximum Gasteiger partial charge on any atom is 0.305 e. The molecule has 178 valence electrons. The molecule has 0 heterocycles. The zero-order valence-electron chi connectivity index (χ0n) is 19.4. The lowest BCUT2D eigenvalue weighted by molar-refractivity contribution is -0.146. The molecular weight excluding hydrogens is 384 g/mol. The number of ether oxygens (including phenoxy) is 2. The number of aliphatic hydroxyl groups excluding tert-OH is 2. The largest absolute Gasteiger partial charge is 0.466 e. The van der Waals surface area contributed by atoms with Crippen LogP contribution in [0, 0.1) is 0 Å². The van der Waals surface area contributed by atoms with Gasteiger partial charge >= 0.3 is 11.9 Å². The van der Waals surface area contributed by atoms with E-state index >= 15 is 0 Å². The number of hydrogen-bond donors (Lipinski definition) is 2. The zero-order valence-corrected chi connectivity index (χ0v) is 19.4. The number of unbranched alkanes of at least 4 members (excludes halogenated alkanes) is 5. The number of carbonyl (C=O) groups is 2. The lowest BCUT2D eigenvalue weighted by Crippen LogP contribution is -2.10. The molecule has 0 rings (SSSR count). The first kappa shape index (κ1) is 28.9. The summed E-state index contributed by atoms with van der Waals surface area (Å²) in [6.07, 6.45) is 12.2. The first-order valence-electron chi connectivity index (χ1n) is 12.2. The Morgan fingerprint density at radius 1 is 0.600 bits per heavy atom. The molecule has 0 amide bonds. The van der Waals surface area contributed by atoms with Gasteiger partial charge < -0.3 is 19.7 Å². The summed E-state index contributed by atoms with van der Waals surface area (Å²) in [7, 11) is 0. The van der Waals surface area contributed by atoms with Gasteiger partial charge in [0.05, 0.1) is 25.4 Å². The van der Waals surface area contributed by atoms with Gasteiger partial charge in [0.1, 0.15) is 0 Å². The Morgan fingerprint density at radius 2 is 0.967 bits per heavy atom. The molecule has 0 aliphatic heterocycles. The van der Waals surface area contributed by atoms with Crippen molar-refractivity contribution in [2.45, 2.75) is 129 Å². The van der Waals surface area contributed by atoms with Crippen molar-refractivity contribution in [1.82, 2.24) is 0 Å². The molecule has 0 spiro atoms. The van der Waals surface area contributed by atoms with Crippen molar-refractivity contribution in [1.29, 1.82) is 0 Å². The molecule has 30 heavy (non-hydrogen) atoms. The molecule has 0 aromatic carbocycles. The summed E-state index contributed by atoms with van der Waals surface area (Å²) < 4.78 is 10.4. The van der Waals surface area contributed by atoms with E-state index in [9.17, 15) is 19.8 Å². The lowest BCUT2D eigenvalue weighted by atomic mass is 10.1. The summed E-state index contributed by atoms with van der Waals surface area (Å²) in [6, 6.07) is 0. The highest BCUT2D eigenvalue weighted by atomic mass is 16.5. The van der Waals surface area contributed by atoms with Crippen LogP contribution in [0.1, 0.15) is 117 Å². The van der Waals surface area contributed by atoms with Gasteiger partial charge in [0.15, 0.2) is 0 Å². The van der Waals surface area contributed by atoms with Gasteiger partial charge in [0.25, 0.3) is 0 Å². The van der Waals surface area contributed by atoms with Gasteiger partial charge in [0.2, 0.25) is 0 Å². The summed E-state index contributed by atoms with van der Waals surface area (Å²) in [5, 5.41) is 19.5. The molecule has 0 aromatic rings. The average molecular weight is 431 g/mol. The first-order chi connectivity index (χ1) is 14.5. The Kier molecular flexibility index (Phi) is 20.3. The molecule has 6 nitrogen and oxygen atoms in total. The van der Waals surface area contributed by atoms with Crippen LogP contribution in [0.15, 0.2) is 0 Å². The molecule has 0 fully saturated rings. The second-order valence-corrected chi connectivity index (χ2v) is 8.23. The van der Waals surface area contributed by atoms with E-state index in [-0.39, 0.29) is 24.1 Å². The quantitative estimate of drug-likeness (QED) is 0.195. The molecule has 2 N–H and O–H groups in total. The zero-order chi connectivity index (χ0) is 22.5. The molecule has 0 aliphatic carbocycles. The van der Waals surface area contributed by atoms with Crippen LogP contribution in [-0.2, 0) is 19.1 Å². The fraction of sp³-hybridized carbons (Fsp3) is 0.917. The third-order valence-electron chi connectivity index (χ3n) is 5.18. The Labute approximate surface area is 183 Å². The summed E-state index contributed by atoms with van der Waals surface area (Å²) in [5.41, 5.74) is 0. The van der Waals surface area contributed by atoms with Crippen molar-refractivity contribution >= 4 is 11.9 Å². The monoisotopic (exact) mass is 430 g/mol. The topological polar surface area (TPSA) is 93.1 Å². The summed E-state index contributed by atoms with van der Waals surface area (Å²) in [5.74, 6) is -0.451. The fourth-order valence-electron chi connectivity index (χ4n) is 3.19. The molecule has 0 aliphatic rings. The highest BCUT2D eigenvalue weighted by molar-refractivity contribution is 5.70. The Morgan fingerprint density at radius 3 is 1.33 bits per heavy atom. The minimum atomic E-state index is -0.238. The van der Waals surface area contributed by atoms with Gasteiger partial charge in [-0.1, -0.05) is 39.5 Å². The van der Waals surface area contributed by atoms with Crippen LogP contribution >= 0.6 is 0 Å². The van der Waals surface area contributed by atoms with Crippen molar-refractivity contribution in [2.75, 3.05) is 13.2 Å². The van der Waals surface area contributed by atoms with Crippen molar-refractivity contribution in [3.05, 3.63) is 0 Å². The van der Waals surface area contributed by atoms with Gasteiger partial charge in [-0.3, -0.25) is 9.59 Å². The number of rotatable bonds is 21. The molecule has 0 saturated heterocycles. The van der Waals surface area contributed by atoms with E-state index < -0.39 is 0 Å². The van der Waals surface area contributed by atoms with Crippen molar-refractivity contribution in [2.24, 2.45) is 0 Å². The van der Waals surface area contributed by atoms with Crippen LogP contribution in [-0.4, -0.2) is 47.6 Å². The number of aliphatic hydroxyl groups is 2. The standard InChI is InChI=1S/C24H46O6/c1-3-5-13-21(25)15-9-11-19-29-23(27)17-7-8-18-24(28)30-20-12-10-16-22(26)14-6-4-2/h21-22,25-26H,3-20H2,1-2H3. The Hall–Kier alpha value is -1.14. The molecule has 0 saturated carbocycles. The first-order valence-corrected chi connectivity index (χ1v) is 12.2. The van der Waals surface area contributed by atoms with E-state index in [0.29, 0.717) is 38.9 Å². The Balaban J connectivity index is 3.44. The second-order valence-electron chi connectivity index (χ2n) is 8.23. The molecule has 0 radical (unpaired) electrons. The summed E-state index contributed by atoms with van der Waals surface area (Å²) in [6.45, 7) is 5.02. The summed E-state index contributed by atoms with van der Waals surface area (Å²) >= 11 is 0. The van der Waals surface area contributed by atoms with Gasteiger partial charge in [-0.2, -0.15) is 0 Å². The van der Waals surface area contributed by atoms with Crippen LogP contribution in [0.4, 0.5) is 0 Å². The van der Waals surface area contributed by atoms with Gasteiger partial charge in [-0.25, -0.2) is 0 Å². The third kappa shape index (κ3) is 20.1. The average Bonchev–Trinajstić information content (AvgIpc) is 2.73. The highest BCUT2D eigenvalue weighted by Crippen LogP contribution is 2.10. The van der Waals surface area contributed by atoms with Gasteiger partial charge in [0, 0.05) is 12.8 Å². The van der Waals surface area contributed by atoms with Crippen molar-refractivity contribution in [3.8, 4) is 0 Å². The smallest absolute Gasteiger partial charge is 0.305 e. The van der Waals surface area contributed by atoms with Crippen LogP contribution in [0.2, 0.25) is 0 Å². The molecule has 0 bridgehead atoms. The van der Waals surface area contributed by atoms with Crippen LogP contribution in [0.5, 0.6) is 0 Å². The lowest BCUT2D eigenvalue weighted by Gasteiger charge is -2.10. The maximum atomic E-state index is 11.7. The van der Waals surface area contributed by atoms with E-state index in [1.165, 1.54) is 0 Å². The van der Waals surface area contributed by atoms with Crippen molar-refractivity contribution < 1.29 is 29.3 Å². The van der Waals surface area contributed by atoms with Crippen LogP contribution in [0.3, 0.4) is 0 Å². The SMILES string of the molecule is CCCCC(O)CCCCOC(=O)CCCCC(=O)OCCCCC(O)CCCC. The maximum absolute atomic E-state index is 11.7. The third-order valence-corrected chi connectivity index (χ3v) is 5.18. The van der Waals surface area contributed by atoms with E-state index in [1.54, 1.807) is 0 Å². The predicted octanol–water partition coefficient (Wildman–Crippen LogP) is 5.08. The van der Waals surface area contributed by atoms with E-state index in [1.807, 2.05) is 0 Å². The van der Waals surface area contributed by atoms with E-state index in [4.69, 9.17) is 9.47 Å². The highest BCUT2D eigenvalue weighted by Gasteiger charge is 2.08. The normalized spacial score (nSPS) is 13.1. The Bertz CT molecular complexity index is 375. The number of esters is 2. The predicted molar refractivity (Wildman–Crippen MR) is 119 cm³/mol. The minimum absolute atomic E-state index is 0.225. The van der Waals surface area contributed by atoms with Gasteiger partial charge in [-0.15, -0.1) is 0 Å². The number of carbonyl (C=O) groups excluding carboxylic acids is 2. The van der Waals surface area contributed by atoms with E-state index in [2.05, 4.69) is 13.8 Å². The molecule has 2 atom stereocenters. The van der Waals surface area contributed by atoms with E-state index in [0.717, 1.165) is 77.0 Å². The second kappa shape index (κ2) is 21.1. The minimum Gasteiger partial charge on any atom is -0.466 e.